The number of nitrogens with zero attached hydrogens (tertiary/aromatic N) is 1. The number of hydrogen-bond acceptors (Lipinski definition) is 3. The van der Waals surface area contributed by atoms with Crippen molar-refractivity contribution in [1.29, 1.82) is 0 Å². The maximum absolute atomic E-state index is 12.5. The van der Waals surface area contributed by atoms with Gasteiger partial charge >= 0.3 is 0 Å². The predicted molar refractivity (Wildman–Crippen MR) is 87.7 cm³/mol. The van der Waals surface area contributed by atoms with Crippen LogP contribution in [0.25, 0.3) is 0 Å². The summed E-state index contributed by atoms with van der Waals surface area (Å²) in [4.78, 5) is 15.3. The van der Waals surface area contributed by atoms with E-state index in [2.05, 4.69) is 10.3 Å². The number of nitrogens with one attached hydrogen (secondary N) is 2. The fourth-order valence-corrected chi connectivity index (χ4v) is 4.93. The van der Waals surface area contributed by atoms with Gasteiger partial charge in [0.2, 0.25) is 10.0 Å². The molecule has 0 radical (unpaired) electrons. The van der Waals surface area contributed by atoms with Gasteiger partial charge in [-0.15, -0.1) is 0 Å². The first-order chi connectivity index (χ1) is 11.1. The summed E-state index contributed by atoms with van der Waals surface area (Å²) in [5.74, 6) is -0.209. The SMILES string of the molecule is O=C(NC1CCCCCC1)c1cc(S(=O)(=O)N2CCCC2)c[nH]1. The first kappa shape index (κ1) is 16.5. The fraction of sp³-hybridized carbons (Fsp3) is 0.688. The van der Waals surface area contributed by atoms with E-state index in [1.54, 1.807) is 0 Å². The number of hydrogen-bond donors (Lipinski definition) is 2. The minimum Gasteiger partial charge on any atom is -0.356 e. The molecule has 6 nitrogen and oxygen atoms in total. The molecule has 3 rings (SSSR count). The normalized spacial score (nSPS) is 21.2. The number of amides is 1. The lowest BCUT2D eigenvalue weighted by atomic mass is 10.1. The molecule has 2 heterocycles. The van der Waals surface area contributed by atoms with Crippen LogP contribution in [0.1, 0.15) is 61.9 Å². The third-order valence-corrected chi connectivity index (χ3v) is 6.67. The van der Waals surface area contributed by atoms with Crippen LogP contribution in [0, 0.1) is 0 Å². The lowest BCUT2D eigenvalue weighted by molar-refractivity contribution is 0.0929. The number of carbonyl (C=O) groups is 1. The lowest BCUT2D eigenvalue weighted by Crippen LogP contribution is -2.34. The van der Waals surface area contributed by atoms with Crippen molar-refractivity contribution in [3.8, 4) is 0 Å². The van der Waals surface area contributed by atoms with E-state index >= 15 is 0 Å². The maximum Gasteiger partial charge on any atom is 0.267 e. The van der Waals surface area contributed by atoms with Crippen LogP contribution < -0.4 is 5.32 Å². The quantitative estimate of drug-likeness (QED) is 0.826. The molecule has 0 atom stereocenters. The zero-order valence-electron chi connectivity index (χ0n) is 13.4. The first-order valence-corrected chi connectivity index (χ1v) is 10.0. The van der Waals surface area contributed by atoms with Crippen LogP contribution in [-0.2, 0) is 10.0 Å². The predicted octanol–water partition coefficient (Wildman–Crippen LogP) is 2.25. The summed E-state index contributed by atoms with van der Waals surface area (Å²) in [5, 5.41) is 3.03. The molecule has 7 heteroatoms. The Hall–Kier alpha value is -1.34. The molecular formula is C16H25N3O3S. The summed E-state index contributed by atoms with van der Waals surface area (Å²) in [6.07, 6.45) is 9.98. The molecule has 1 saturated heterocycles. The van der Waals surface area contributed by atoms with E-state index in [0.29, 0.717) is 18.8 Å². The summed E-state index contributed by atoms with van der Waals surface area (Å²) >= 11 is 0. The fourth-order valence-electron chi connectivity index (χ4n) is 3.42. The van der Waals surface area contributed by atoms with E-state index in [1.807, 2.05) is 0 Å². The molecule has 128 valence electrons. The topological polar surface area (TPSA) is 82.3 Å². The van der Waals surface area contributed by atoms with Crippen molar-refractivity contribution in [3.05, 3.63) is 18.0 Å². The van der Waals surface area contributed by atoms with Gasteiger partial charge in [0.25, 0.3) is 5.91 Å². The Morgan fingerprint density at radius 1 is 1.09 bits per heavy atom. The number of aromatic nitrogens is 1. The molecule has 1 saturated carbocycles. The molecule has 1 aliphatic heterocycles. The molecule has 0 aromatic carbocycles. The number of H-pyrrole nitrogens is 1. The summed E-state index contributed by atoms with van der Waals surface area (Å²) in [5.41, 5.74) is 0.326. The zero-order chi connectivity index (χ0) is 16.3. The average Bonchev–Trinajstić information content (AvgIpc) is 3.17. The van der Waals surface area contributed by atoms with Crippen molar-refractivity contribution in [2.75, 3.05) is 13.1 Å². The maximum atomic E-state index is 12.5. The van der Waals surface area contributed by atoms with E-state index in [4.69, 9.17) is 0 Å². The largest absolute Gasteiger partial charge is 0.356 e. The van der Waals surface area contributed by atoms with E-state index in [0.717, 1.165) is 38.5 Å². The molecule has 1 aliphatic carbocycles. The van der Waals surface area contributed by atoms with Crippen LogP contribution >= 0.6 is 0 Å². The van der Waals surface area contributed by atoms with Gasteiger partial charge in [0.05, 0.1) is 0 Å². The molecular weight excluding hydrogens is 314 g/mol. The van der Waals surface area contributed by atoms with Gasteiger partial charge in [0.15, 0.2) is 0 Å². The van der Waals surface area contributed by atoms with Crippen LogP contribution in [-0.4, -0.2) is 42.7 Å². The Morgan fingerprint density at radius 2 is 1.74 bits per heavy atom. The molecule has 0 unspecified atom stereocenters. The van der Waals surface area contributed by atoms with Crippen LogP contribution in [0.4, 0.5) is 0 Å². The van der Waals surface area contributed by atoms with Crippen LogP contribution in [0.2, 0.25) is 0 Å². The van der Waals surface area contributed by atoms with Gasteiger partial charge in [0.1, 0.15) is 10.6 Å². The standard InChI is InChI=1S/C16H25N3O3S/c20-16(18-13-7-3-1-2-4-8-13)15-11-14(12-17-15)23(21,22)19-9-5-6-10-19/h11-13,17H,1-10H2,(H,18,20). The van der Waals surface area contributed by atoms with Gasteiger partial charge in [-0.1, -0.05) is 25.7 Å². The molecule has 1 aromatic rings. The molecule has 2 aliphatic rings. The second-order valence-electron chi connectivity index (χ2n) is 6.52. The van der Waals surface area contributed by atoms with Gasteiger partial charge in [-0.25, -0.2) is 8.42 Å². The molecule has 0 bridgehead atoms. The highest BCUT2D eigenvalue weighted by molar-refractivity contribution is 7.89. The third-order valence-electron chi connectivity index (χ3n) is 4.79. The lowest BCUT2D eigenvalue weighted by Gasteiger charge is -2.15. The van der Waals surface area contributed by atoms with Gasteiger partial charge in [-0.2, -0.15) is 4.31 Å². The van der Waals surface area contributed by atoms with Crippen LogP contribution in [0.5, 0.6) is 0 Å². The van der Waals surface area contributed by atoms with Gasteiger partial charge < -0.3 is 10.3 Å². The number of rotatable bonds is 4. The number of sulfonamides is 1. The van der Waals surface area contributed by atoms with Gasteiger partial charge in [-0.05, 0) is 31.7 Å². The summed E-state index contributed by atoms with van der Waals surface area (Å²) in [7, 11) is -3.47. The van der Waals surface area contributed by atoms with Crippen LogP contribution in [0.15, 0.2) is 17.2 Å². The minimum absolute atomic E-state index is 0.186. The van der Waals surface area contributed by atoms with Gasteiger partial charge in [0, 0.05) is 25.3 Å². The monoisotopic (exact) mass is 339 g/mol. The molecule has 2 fully saturated rings. The Kier molecular flexibility index (Phi) is 5.06. The van der Waals surface area contributed by atoms with Crippen LogP contribution in [0.3, 0.4) is 0 Å². The second-order valence-corrected chi connectivity index (χ2v) is 8.46. The number of carbonyl (C=O) groups excluding carboxylic acids is 1. The first-order valence-electron chi connectivity index (χ1n) is 8.57. The highest BCUT2D eigenvalue weighted by Gasteiger charge is 2.28. The van der Waals surface area contributed by atoms with Gasteiger partial charge in [-0.3, -0.25) is 4.79 Å². The Morgan fingerprint density at radius 3 is 2.39 bits per heavy atom. The summed E-state index contributed by atoms with van der Waals surface area (Å²) < 4.78 is 26.4. The van der Waals surface area contributed by atoms with E-state index in [9.17, 15) is 13.2 Å². The second kappa shape index (κ2) is 7.05. The van der Waals surface area contributed by atoms with E-state index in [-0.39, 0.29) is 16.8 Å². The molecule has 2 N–H and O–H groups in total. The van der Waals surface area contributed by atoms with Crippen molar-refractivity contribution in [2.24, 2.45) is 0 Å². The van der Waals surface area contributed by atoms with Crippen molar-refractivity contribution < 1.29 is 13.2 Å². The van der Waals surface area contributed by atoms with E-state index in [1.165, 1.54) is 29.4 Å². The highest BCUT2D eigenvalue weighted by Crippen LogP contribution is 2.22. The molecule has 0 spiro atoms. The van der Waals surface area contributed by atoms with E-state index < -0.39 is 10.0 Å². The van der Waals surface area contributed by atoms with Crippen molar-refractivity contribution in [2.45, 2.75) is 62.3 Å². The zero-order valence-corrected chi connectivity index (χ0v) is 14.2. The molecule has 1 aromatic heterocycles. The molecule has 1 amide bonds. The highest BCUT2D eigenvalue weighted by atomic mass is 32.2. The average molecular weight is 339 g/mol. The Bertz CT molecular complexity index is 639. The van der Waals surface area contributed by atoms with Crippen molar-refractivity contribution in [1.82, 2.24) is 14.6 Å². The van der Waals surface area contributed by atoms with Crippen molar-refractivity contribution >= 4 is 15.9 Å². The minimum atomic E-state index is -3.47. The summed E-state index contributed by atoms with van der Waals surface area (Å²) in [6, 6.07) is 1.66. The van der Waals surface area contributed by atoms with Crippen molar-refractivity contribution in [3.63, 3.8) is 0 Å². The summed E-state index contributed by atoms with van der Waals surface area (Å²) in [6.45, 7) is 1.13. The number of aromatic amines is 1. The Labute approximate surface area is 137 Å². The third kappa shape index (κ3) is 3.77. The Balaban J connectivity index is 1.67. The smallest absolute Gasteiger partial charge is 0.267 e. The molecule has 23 heavy (non-hydrogen) atoms.